The molecule has 0 aromatic heterocycles. The lowest BCUT2D eigenvalue weighted by Gasteiger charge is -2.34. The van der Waals surface area contributed by atoms with Crippen molar-refractivity contribution in [1.82, 2.24) is 10.2 Å². The molecule has 4 aromatic carbocycles. The monoisotopic (exact) mass is 651 g/mol. The predicted octanol–water partition coefficient (Wildman–Crippen LogP) is 6.66. The molecule has 0 fully saturated rings. The first-order valence-corrected chi connectivity index (χ1v) is 16.5. The zero-order chi connectivity index (χ0) is 31.7. The van der Waals surface area contributed by atoms with Crippen LogP contribution in [0.3, 0.4) is 0 Å². The van der Waals surface area contributed by atoms with E-state index >= 15 is 0 Å². The highest BCUT2D eigenvalue weighted by Crippen LogP contribution is 2.31. The quantitative estimate of drug-likeness (QED) is 0.175. The Hall–Kier alpha value is -3.85. The fourth-order valence-electron chi connectivity index (χ4n) is 4.71. The minimum Gasteiger partial charge on any atom is -0.354 e. The van der Waals surface area contributed by atoms with E-state index in [9.17, 15) is 18.0 Å². The molecule has 4 aromatic rings. The molecular formula is C34H35Cl2N3O4S. The van der Waals surface area contributed by atoms with Crippen LogP contribution in [0.5, 0.6) is 0 Å². The van der Waals surface area contributed by atoms with Crippen LogP contribution in [0.2, 0.25) is 10.0 Å². The molecular weight excluding hydrogens is 617 g/mol. The smallest absolute Gasteiger partial charge is 0.264 e. The Labute approximate surface area is 269 Å². The zero-order valence-electron chi connectivity index (χ0n) is 24.6. The summed E-state index contributed by atoms with van der Waals surface area (Å²) < 4.78 is 29.2. The molecule has 1 N–H and O–H groups in total. The number of halogens is 2. The minimum atomic E-state index is -4.24. The summed E-state index contributed by atoms with van der Waals surface area (Å²) >= 11 is 12.6. The SMILES string of the molecule is CCCNC(=O)[C@H](Cc1ccccc1)N(Cc1ccc(Cl)cc1)C(=O)CN(c1ccccc1Cl)S(=O)(=O)c1ccc(C)cc1. The molecule has 1 atom stereocenters. The van der Waals surface area contributed by atoms with Gasteiger partial charge < -0.3 is 10.2 Å². The summed E-state index contributed by atoms with van der Waals surface area (Å²) in [7, 11) is -4.24. The first kappa shape index (κ1) is 33.1. The van der Waals surface area contributed by atoms with E-state index in [0.717, 1.165) is 21.0 Å². The number of hydrogen-bond acceptors (Lipinski definition) is 4. The third-order valence-corrected chi connectivity index (χ3v) is 9.44. The average molecular weight is 653 g/mol. The molecule has 2 amide bonds. The third kappa shape index (κ3) is 8.40. The van der Waals surface area contributed by atoms with Gasteiger partial charge in [0.1, 0.15) is 12.6 Å². The summed E-state index contributed by atoms with van der Waals surface area (Å²) in [5.41, 5.74) is 2.63. The van der Waals surface area contributed by atoms with Crippen LogP contribution in [0.4, 0.5) is 5.69 Å². The van der Waals surface area contributed by atoms with Crippen molar-refractivity contribution in [3.63, 3.8) is 0 Å². The Kier molecular flexibility index (Phi) is 11.4. The van der Waals surface area contributed by atoms with Crippen molar-refractivity contribution in [3.8, 4) is 0 Å². The molecule has 44 heavy (non-hydrogen) atoms. The summed E-state index contributed by atoms with van der Waals surface area (Å²) in [4.78, 5) is 29.6. The molecule has 0 aliphatic carbocycles. The fourth-order valence-corrected chi connectivity index (χ4v) is 6.56. The van der Waals surface area contributed by atoms with E-state index in [1.807, 2.05) is 44.2 Å². The number of sulfonamides is 1. The predicted molar refractivity (Wildman–Crippen MR) is 176 cm³/mol. The van der Waals surface area contributed by atoms with Gasteiger partial charge in [-0.3, -0.25) is 13.9 Å². The van der Waals surface area contributed by atoms with E-state index in [-0.39, 0.29) is 34.5 Å². The van der Waals surface area contributed by atoms with Crippen molar-refractivity contribution in [2.24, 2.45) is 0 Å². The summed E-state index contributed by atoms with van der Waals surface area (Å²) in [6.07, 6.45) is 0.941. The van der Waals surface area contributed by atoms with Crippen LogP contribution in [0.15, 0.2) is 108 Å². The van der Waals surface area contributed by atoms with Crippen molar-refractivity contribution in [2.45, 2.75) is 44.2 Å². The highest BCUT2D eigenvalue weighted by molar-refractivity contribution is 7.92. The van der Waals surface area contributed by atoms with E-state index in [4.69, 9.17) is 23.2 Å². The minimum absolute atomic E-state index is 0.0154. The van der Waals surface area contributed by atoms with Gasteiger partial charge in [-0.05, 0) is 60.9 Å². The maximum absolute atomic E-state index is 14.4. The molecule has 10 heteroatoms. The normalized spacial score (nSPS) is 11.9. The van der Waals surface area contributed by atoms with Crippen LogP contribution in [0.1, 0.15) is 30.0 Å². The van der Waals surface area contributed by atoms with Gasteiger partial charge in [0, 0.05) is 24.5 Å². The number of carbonyl (C=O) groups is 2. The number of nitrogens with zero attached hydrogens (tertiary/aromatic N) is 2. The molecule has 230 valence electrons. The average Bonchev–Trinajstić information content (AvgIpc) is 3.02. The summed E-state index contributed by atoms with van der Waals surface area (Å²) in [6, 6.07) is 28.3. The number of nitrogens with one attached hydrogen (secondary N) is 1. The molecule has 0 spiro atoms. The maximum Gasteiger partial charge on any atom is 0.264 e. The van der Waals surface area contributed by atoms with Crippen LogP contribution in [0.25, 0.3) is 0 Å². The first-order valence-electron chi connectivity index (χ1n) is 14.3. The first-order chi connectivity index (χ1) is 21.1. The van der Waals surface area contributed by atoms with Crippen molar-refractivity contribution in [1.29, 1.82) is 0 Å². The van der Waals surface area contributed by atoms with Gasteiger partial charge >= 0.3 is 0 Å². The number of aryl methyl sites for hydroxylation is 1. The molecule has 7 nitrogen and oxygen atoms in total. The van der Waals surface area contributed by atoms with Gasteiger partial charge in [-0.15, -0.1) is 0 Å². The summed E-state index contributed by atoms with van der Waals surface area (Å²) in [5, 5.41) is 3.63. The molecule has 0 unspecified atom stereocenters. The number of carbonyl (C=O) groups excluding carboxylic acids is 2. The molecule has 4 rings (SSSR count). The fraction of sp³-hybridized carbons (Fsp3) is 0.235. The lowest BCUT2D eigenvalue weighted by atomic mass is 10.0. The van der Waals surface area contributed by atoms with Gasteiger partial charge in [-0.1, -0.05) is 102 Å². The second-order valence-electron chi connectivity index (χ2n) is 10.4. The molecule has 0 heterocycles. The van der Waals surface area contributed by atoms with E-state index in [1.165, 1.54) is 17.0 Å². The number of para-hydroxylation sites is 1. The highest BCUT2D eigenvalue weighted by Gasteiger charge is 2.35. The van der Waals surface area contributed by atoms with E-state index < -0.39 is 28.5 Å². The largest absolute Gasteiger partial charge is 0.354 e. The second kappa shape index (κ2) is 15.2. The number of rotatable bonds is 13. The lowest BCUT2D eigenvalue weighted by Crippen LogP contribution is -2.53. The molecule has 0 aliphatic rings. The Morgan fingerprint density at radius 2 is 1.45 bits per heavy atom. The Bertz CT molecular complexity index is 1670. The zero-order valence-corrected chi connectivity index (χ0v) is 26.9. The Morgan fingerprint density at radius 3 is 2.09 bits per heavy atom. The number of hydrogen-bond donors (Lipinski definition) is 1. The summed E-state index contributed by atoms with van der Waals surface area (Å²) in [5.74, 6) is -0.896. The highest BCUT2D eigenvalue weighted by atomic mass is 35.5. The van der Waals surface area contributed by atoms with E-state index in [2.05, 4.69) is 5.32 Å². The second-order valence-corrected chi connectivity index (χ2v) is 13.1. The Balaban J connectivity index is 1.80. The van der Waals surface area contributed by atoms with Crippen LogP contribution in [-0.4, -0.2) is 44.3 Å². The standard InChI is InChI=1S/C34H35Cl2N3O4S/c1-3-21-37-34(41)32(22-26-9-5-4-6-10-26)38(23-27-15-17-28(35)18-16-27)33(40)24-39(31-12-8-7-11-30(31)36)44(42,43)29-19-13-25(2)14-20-29/h4-20,32H,3,21-24H2,1-2H3,(H,37,41)/t32-/m0/s1. The van der Waals surface area contributed by atoms with E-state index in [1.54, 1.807) is 60.7 Å². The van der Waals surface area contributed by atoms with Gasteiger partial charge in [0.15, 0.2) is 0 Å². The molecule has 0 bridgehead atoms. The van der Waals surface area contributed by atoms with Gasteiger partial charge in [-0.2, -0.15) is 0 Å². The molecule has 0 saturated carbocycles. The van der Waals surface area contributed by atoms with Gasteiger partial charge in [0.25, 0.3) is 10.0 Å². The summed E-state index contributed by atoms with van der Waals surface area (Å²) in [6.45, 7) is 3.70. The van der Waals surface area contributed by atoms with Crippen molar-refractivity contribution < 1.29 is 18.0 Å². The number of anilines is 1. The van der Waals surface area contributed by atoms with Gasteiger partial charge in [-0.25, -0.2) is 8.42 Å². The van der Waals surface area contributed by atoms with Crippen LogP contribution < -0.4 is 9.62 Å². The van der Waals surface area contributed by atoms with Crippen LogP contribution in [-0.2, 0) is 32.6 Å². The van der Waals surface area contributed by atoms with Gasteiger partial charge in [0.05, 0.1) is 15.6 Å². The van der Waals surface area contributed by atoms with Gasteiger partial charge in [0.2, 0.25) is 11.8 Å². The Morgan fingerprint density at radius 1 is 0.818 bits per heavy atom. The van der Waals surface area contributed by atoms with Crippen molar-refractivity contribution in [3.05, 3.63) is 130 Å². The topological polar surface area (TPSA) is 86.8 Å². The van der Waals surface area contributed by atoms with E-state index in [0.29, 0.717) is 18.0 Å². The van der Waals surface area contributed by atoms with Crippen molar-refractivity contribution >= 4 is 50.7 Å². The molecule has 0 aliphatic heterocycles. The molecule has 0 saturated heterocycles. The van der Waals surface area contributed by atoms with Crippen LogP contribution in [0, 0.1) is 6.92 Å². The van der Waals surface area contributed by atoms with Crippen molar-refractivity contribution in [2.75, 3.05) is 17.4 Å². The maximum atomic E-state index is 14.4. The lowest BCUT2D eigenvalue weighted by molar-refractivity contribution is -0.140. The number of amides is 2. The van der Waals surface area contributed by atoms with Crippen LogP contribution >= 0.6 is 23.2 Å². The molecule has 0 radical (unpaired) electrons. The number of benzene rings is 4. The third-order valence-electron chi connectivity index (χ3n) is 7.10.